The van der Waals surface area contributed by atoms with Crippen molar-refractivity contribution < 1.29 is 0 Å². The molecular formula is C10H23N3. The van der Waals surface area contributed by atoms with Crippen LogP contribution in [-0.4, -0.2) is 29.7 Å². The van der Waals surface area contributed by atoms with Crippen LogP contribution in [0.3, 0.4) is 0 Å². The summed E-state index contributed by atoms with van der Waals surface area (Å²) in [7, 11) is 4.21. The van der Waals surface area contributed by atoms with Gasteiger partial charge in [0.2, 0.25) is 0 Å². The maximum atomic E-state index is 2.27. The molecule has 0 aromatic heterocycles. The number of hydrogen-bond donors (Lipinski definition) is 1. The summed E-state index contributed by atoms with van der Waals surface area (Å²) < 4.78 is 0. The molecule has 0 saturated heterocycles. The van der Waals surface area contributed by atoms with Crippen LogP contribution in [0, 0.1) is 5.41 Å². The van der Waals surface area contributed by atoms with E-state index in [-0.39, 0.29) is 17.1 Å². The topological polar surface area (TPSA) is 41.5 Å². The molecule has 0 amide bonds. The van der Waals surface area contributed by atoms with Gasteiger partial charge in [-0.3, -0.25) is 0 Å². The Morgan fingerprint density at radius 1 is 1.00 bits per heavy atom. The highest BCUT2D eigenvalue weighted by Crippen LogP contribution is 2.39. The van der Waals surface area contributed by atoms with E-state index in [1.165, 1.54) is 0 Å². The molecule has 0 aromatic carbocycles. The zero-order valence-electron chi connectivity index (χ0n) is 9.76. The molecule has 0 spiro atoms. The van der Waals surface area contributed by atoms with Gasteiger partial charge in [-0.2, -0.15) is 0 Å². The van der Waals surface area contributed by atoms with Crippen LogP contribution >= 0.6 is 0 Å². The number of hydrazine groups is 1. The number of nitrogens with zero attached hydrogens (tertiary/aromatic N) is 2. The highest BCUT2D eigenvalue weighted by atomic mass is 15.6. The molecule has 1 aliphatic heterocycles. The summed E-state index contributed by atoms with van der Waals surface area (Å²) in [5, 5.41) is 4.40. The average molecular weight is 185 g/mol. The molecule has 3 nitrogen and oxygen atoms in total. The van der Waals surface area contributed by atoms with Gasteiger partial charge in [0.25, 0.3) is 0 Å². The molecule has 0 saturated carbocycles. The van der Waals surface area contributed by atoms with Crippen molar-refractivity contribution in [1.29, 1.82) is 0 Å². The summed E-state index contributed by atoms with van der Waals surface area (Å²) in [4.78, 5) is 0. The second-order valence-corrected chi connectivity index (χ2v) is 4.69. The van der Waals surface area contributed by atoms with Crippen LogP contribution < -0.4 is 6.15 Å². The second-order valence-electron chi connectivity index (χ2n) is 4.69. The van der Waals surface area contributed by atoms with Gasteiger partial charge in [-0.25, -0.2) is 5.01 Å². The van der Waals surface area contributed by atoms with Crippen molar-refractivity contribution in [3.63, 3.8) is 0 Å². The van der Waals surface area contributed by atoms with Crippen molar-refractivity contribution >= 4 is 0 Å². The lowest BCUT2D eigenvalue weighted by Crippen LogP contribution is -2.58. The third-order valence-electron chi connectivity index (χ3n) is 3.57. The lowest BCUT2D eigenvalue weighted by Gasteiger charge is -2.52. The summed E-state index contributed by atoms with van der Waals surface area (Å²) in [6.07, 6.45) is 4.40. The molecule has 0 fully saturated rings. The molecule has 0 aliphatic carbocycles. The predicted octanol–water partition coefficient (Wildman–Crippen LogP) is 2.26. The molecule has 1 aliphatic rings. The first-order chi connectivity index (χ1) is 5.29. The monoisotopic (exact) mass is 185 g/mol. The van der Waals surface area contributed by atoms with E-state index in [1.54, 1.807) is 0 Å². The van der Waals surface area contributed by atoms with E-state index in [1.807, 2.05) is 0 Å². The van der Waals surface area contributed by atoms with Crippen molar-refractivity contribution in [2.75, 3.05) is 14.1 Å². The molecule has 0 unspecified atom stereocenters. The van der Waals surface area contributed by atoms with E-state index >= 15 is 0 Å². The van der Waals surface area contributed by atoms with Crippen LogP contribution in [-0.2, 0) is 0 Å². The fraction of sp³-hybridized carbons (Fsp3) is 0.800. The molecule has 13 heavy (non-hydrogen) atoms. The lowest BCUT2D eigenvalue weighted by molar-refractivity contribution is -0.0814. The Kier molecular flexibility index (Phi) is 3.17. The van der Waals surface area contributed by atoms with Gasteiger partial charge in [-0.15, -0.1) is 0 Å². The molecule has 0 bridgehead atoms. The average Bonchev–Trinajstić information content (AvgIpc) is 1.96. The van der Waals surface area contributed by atoms with E-state index < -0.39 is 0 Å². The summed E-state index contributed by atoms with van der Waals surface area (Å²) in [6.45, 7) is 9.08. The quantitative estimate of drug-likeness (QED) is 0.629. The van der Waals surface area contributed by atoms with Crippen molar-refractivity contribution in [3.05, 3.63) is 12.3 Å². The van der Waals surface area contributed by atoms with Crippen LogP contribution in [0.4, 0.5) is 0 Å². The molecule has 1 rings (SSSR count). The van der Waals surface area contributed by atoms with Crippen LogP contribution in [0.1, 0.15) is 27.7 Å². The van der Waals surface area contributed by atoms with Gasteiger partial charge in [0.05, 0.1) is 0 Å². The van der Waals surface area contributed by atoms with E-state index in [0.29, 0.717) is 0 Å². The normalized spacial score (nSPS) is 25.5. The molecule has 3 N–H and O–H groups in total. The Bertz CT molecular complexity index is 206. The van der Waals surface area contributed by atoms with Gasteiger partial charge in [0.1, 0.15) is 0 Å². The van der Waals surface area contributed by atoms with E-state index in [4.69, 9.17) is 0 Å². The van der Waals surface area contributed by atoms with Gasteiger partial charge >= 0.3 is 0 Å². The Morgan fingerprint density at radius 3 is 1.85 bits per heavy atom. The van der Waals surface area contributed by atoms with Gasteiger partial charge in [0, 0.05) is 31.2 Å². The summed E-state index contributed by atoms with van der Waals surface area (Å²) in [6, 6.07) is 0. The van der Waals surface area contributed by atoms with Crippen molar-refractivity contribution in [2.24, 2.45) is 5.41 Å². The van der Waals surface area contributed by atoms with E-state index in [0.717, 1.165) is 0 Å². The van der Waals surface area contributed by atoms with Gasteiger partial charge in [-0.1, -0.05) is 19.9 Å². The fourth-order valence-electron chi connectivity index (χ4n) is 1.41. The Labute approximate surface area is 82.0 Å². The van der Waals surface area contributed by atoms with Gasteiger partial charge in [-0.05, 0) is 13.8 Å². The smallest absolute Gasteiger partial charge is 0.0430 e. The number of rotatable bonds is 0. The first kappa shape index (κ1) is 12.5. The summed E-state index contributed by atoms with van der Waals surface area (Å²) in [5.74, 6) is 0. The van der Waals surface area contributed by atoms with E-state index in [2.05, 4.69) is 64.1 Å². The van der Waals surface area contributed by atoms with E-state index in [9.17, 15) is 0 Å². The minimum atomic E-state index is 0. The highest BCUT2D eigenvalue weighted by Gasteiger charge is 2.42. The second kappa shape index (κ2) is 3.31. The maximum Gasteiger partial charge on any atom is 0.0430 e. The van der Waals surface area contributed by atoms with Crippen LogP contribution in [0.25, 0.3) is 0 Å². The van der Waals surface area contributed by atoms with Crippen molar-refractivity contribution in [1.82, 2.24) is 16.2 Å². The highest BCUT2D eigenvalue weighted by molar-refractivity contribution is 5.09. The minimum Gasteiger partial charge on any atom is -0.344 e. The lowest BCUT2D eigenvalue weighted by atomic mass is 9.73. The zero-order valence-corrected chi connectivity index (χ0v) is 9.76. The minimum absolute atomic E-state index is 0. The largest absolute Gasteiger partial charge is 0.344 e. The Morgan fingerprint density at radius 2 is 1.46 bits per heavy atom. The summed E-state index contributed by atoms with van der Waals surface area (Å²) in [5.41, 5.74) is 0.408. The van der Waals surface area contributed by atoms with Crippen LogP contribution in [0.15, 0.2) is 12.3 Å². The predicted molar refractivity (Wildman–Crippen MR) is 57.5 cm³/mol. The molecule has 78 valence electrons. The molecule has 0 atom stereocenters. The molecular weight excluding hydrogens is 162 g/mol. The molecule has 0 radical (unpaired) electrons. The first-order valence-corrected chi connectivity index (χ1v) is 4.45. The van der Waals surface area contributed by atoms with Crippen LogP contribution in [0.5, 0.6) is 0 Å². The molecule has 1 heterocycles. The maximum absolute atomic E-state index is 2.27. The van der Waals surface area contributed by atoms with Crippen LogP contribution in [0.2, 0.25) is 0 Å². The zero-order chi connectivity index (χ0) is 9.57. The molecule has 0 aromatic rings. The standard InChI is InChI=1S/C10H20N2.H3N/c1-9(2)7-8-11(5)12(6)10(9,3)4;/h7-8H,1-6H3;1H3. The Hall–Kier alpha value is -0.540. The third-order valence-corrected chi connectivity index (χ3v) is 3.57. The number of hydrogen-bond acceptors (Lipinski definition) is 3. The van der Waals surface area contributed by atoms with Gasteiger partial charge in [0.15, 0.2) is 0 Å². The Balaban J connectivity index is 0.00000144. The third kappa shape index (κ3) is 1.71. The van der Waals surface area contributed by atoms with Crippen molar-refractivity contribution in [2.45, 2.75) is 33.2 Å². The van der Waals surface area contributed by atoms with Gasteiger partial charge < -0.3 is 11.2 Å². The molecule has 3 heteroatoms. The summed E-state index contributed by atoms with van der Waals surface area (Å²) >= 11 is 0. The van der Waals surface area contributed by atoms with Crippen molar-refractivity contribution in [3.8, 4) is 0 Å². The SMILES string of the molecule is CN1C=CC(C)(C)C(C)(C)N1C.N. The first-order valence-electron chi connectivity index (χ1n) is 4.45. The fourth-order valence-corrected chi connectivity index (χ4v) is 1.41.